The van der Waals surface area contributed by atoms with Gasteiger partial charge in [-0.3, -0.25) is 15.0 Å². The molecule has 2 aromatic rings. The van der Waals surface area contributed by atoms with E-state index < -0.39 is 0 Å². The van der Waals surface area contributed by atoms with Gasteiger partial charge in [-0.25, -0.2) is 0 Å². The normalized spacial score (nSPS) is 12.7. The average molecular weight is 577 g/mol. The molecule has 0 unspecified atom stereocenters. The lowest BCUT2D eigenvalue weighted by Gasteiger charge is -2.26. The van der Waals surface area contributed by atoms with Crippen LogP contribution in [0.25, 0.3) is 0 Å². The number of carbonyl (C=O) groups is 2. The third-order valence-electron chi connectivity index (χ3n) is 6.00. The van der Waals surface area contributed by atoms with Gasteiger partial charge < -0.3 is 24.4 Å². The predicted octanol–water partition coefficient (Wildman–Crippen LogP) is 5.14. The van der Waals surface area contributed by atoms with E-state index in [4.69, 9.17) is 19.6 Å². The van der Waals surface area contributed by atoms with E-state index in [1.165, 1.54) is 0 Å². The average Bonchev–Trinajstić information content (AvgIpc) is 3.10. The molecular formula is C28H38BrN3O5. The van der Waals surface area contributed by atoms with Gasteiger partial charge in [0.1, 0.15) is 11.6 Å². The number of nitrogens with one attached hydrogen (secondary N) is 2. The fraction of sp³-hybridized carbons (Fsp3) is 0.464. The standard InChI is InChI=1S/C28H37N3O5.BrH/c1-9-35-23-12-18-14-31(26(29)19(18)13-20(23)27(33)30-7)15-22(32)17-10-21(28(4,5)6)25(34-8)24(11-17)36-16(2)3;/h10-13,16,29H,9,14-15H2,1-8H3,(H,30,33);1H. The number of amides is 1. The van der Waals surface area contributed by atoms with Crippen LogP contribution < -0.4 is 19.5 Å². The molecule has 1 heterocycles. The summed E-state index contributed by atoms with van der Waals surface area (Å²) in [7, 11) is 3.16. The number of ketones is 1. The first-order valence-corrected chi connectivity index (χ1v) is 12.2. The van der Waals surface area contributed by atoms with Gasteiger partial charge in [-0.1, -0.05) is 20.8 Å². The quantitative estimate of drug-likeness (QED) is 0.401. The van der Waals surface area contributed by atoms with Gasteiger partial charge in [-0.05, 0) is 56.0 Å². The number of nitrogens with zero attached hydrogens (tertiary/aromatic N) is 1. The van der Waals surface area contributed by atoms with Crippen molar-refractivity contribution in [1.29, 1.82) is 5.41 Å². The molecule has 0 spiro atoms. The van der Waals surface area contributed by atoms with Crippen LogP contribution in [0.1, 0.15) is 78.9 Å². The van der Waals surface area contributed by atoms with Crippen LogP contribution in [0.4, 0.5) is 0 Å². The Hall–Kier alpha value is -3.07. The summed E-state index contributed by atoms with van der Waals surface area (Å²) in [4.78, 5) is 27.6. The zero-order valence-corrected chi connectivity index (χ0v) is 24.6. The first kappa shape index (κ1) is 30.2. The summed E-state index contributed by atoms with van der Waals surface area (Å²) in [6, 6.07) is 7.05. The van der Waals surface area contributed by atoms with E-state index >= 15 is 0 Å². The number of carbonyl (C=O) groups excluding carboxylic acids is 2. The highest BCUT2D eigenvalue weighted by Gasteiger charge is 2.31. The van der Waals surface area contributed by atoms with E-state index in [1.807, 2.05) is 26.8 Å². The molecule has 8 nitrogen and oxygen atoms in total. The monoisotopic (exact) mass is 575 g/mol. The maximum absolute atomic E-state index is 13.5. The van der Waals surface area contributed by atoms with Crippen molar-refractivity contribution in [3.8, 4) is 17.2 Å². The molecule has 2 N–H and O–H groups in total. The largest absolute Gasteiger partial charge is 0.493 e. The van der Waals surface area contributed by atoms with Crippen molar-refractivity contribution in [3.63, 3.8) is 0 Å². The van der Waals surface area contributed by atoms with Crippen molar-refractivity contribution < 1.29 is 23.8 Å². The second-order valence-electron chi connectivity index (χ2n) is 10.1. The molecule has 0 atom stereocenters. The van der Waals surface area contributed by atoms with E-state index in [0.29, 0.717) is 47.1 Å². The van der Waals surface area contributed by atoms with Crippen molar-refractivity contribution in [2.24, 2.45) is 0 Å². The van der Waals surface area contributed by atoms with Gasteiger partial charge in [0.25, 0.3) is 5.91 Å². The number of ether oxygens (including phenoxy) is 3. The molecule has 2 aromatic carbocycles. The zero-order valence-electron chi connectivity index (χ0n) is 22.9. The molecule has 0 saturated heterocycles. The highest BCUT2D eigenvalue weighted by atomic mass is 79.9. The molecule has 0 bridgehead atoms. The summed E-state index contributed by atoms with van der Waals surface area (Å²) in [5.74, 6) is 1.41. The molecule has 0 aromatic heterocycles. The van der Waals surface area contributed by atoms with Crippen molar-refractivity contribution in [2.75, 3.05) is 27.3 Å². The Balaban J connectivity index is 0.00000481. The lowest BCUT2D eigenvalue weighted by Crippen LogP contribution is -2.30. The van der Waals surface area contributed by atoms with Crippen LogP contribution in [0.2, 0.25) is 0 Å². The molecule has 0 saturated carbocycles. The Morgan fingerprint density at radius 1 is 1.14 bits per heavy atom. The van der Waals surface area contributed by atoms with E-state index in [0.717, 1.165) is 11.1 Å². The van der Waals surface area contributed by atoms with E-state index in [-0.39, 0.29) is 52.6 Å². The summed E-state index contributed by atoms with van der Waals surface area (Å²) in [6.07, 6.45) is -0.0904. The molecule has 202 valence electrons. The SMILES string of the molecule is Br.CCOc1cc2c(cc1C(=O)NC)C(=N)N(CC(=O)c1cc(OC(C)C)c(OC)c(C(C)(C)C)c1)C2. The molecule has 9 heteroatoms. The van der Waals surface area contributed by atoms with Crippen LogP contribution in [0.15, 0.2) is 24.3 Å². The molecule has 0 radical (unpaired) electrons. The van der Waals surface area contributed by atoms with Crippen molar-refractivity contribution >= 4 is 34.5 Å². The minimum Gasteiger partial charge on any atom is -0.493 e. The van der Waals surface area contributed by atoms with Gasteiger partial charge in [0.2, 0.25) is 0 Å². The fourth-order valence-electron chi connectivity index (χ4n) is 4.29. The summed E-state index contributed by atoms with van der Waals surface area (Å²) in [5.41, 5.74) is 2.94. The summed E-state index contributed by atoms with van der Waals surface area (Å²) < 4.78 is 17.4. The lowest BCUT2D eigenvalue weighted by molar-refractivity contribution is 0.0952. The van der Waals surface area contributed by atoms with Gasteiger partial charge in [0, 0.05) is 30.3 Å². The summed E-state index contributed by atoms with van der Waals surface area (Å²) in [6.45, 7) is 12.7. The number of fused-ring (bicyclic) bond motifs is 1. The van der Waals surface area contributed by atoms with Crippen LogP contribution in [-0.2, 0) is 12.0 Å². The van der Waals surface area contributed by atoms with Crippen LogP contribution in [-0.4, -0.2) is 55.8 Å². The smallest absolute Gasteiger partial charge is 0.254 e. The van der Waals surface area contributed by atoms with E-state index in [1.54, 1.807) is 37.3 Å². The lowest BCUT2D eigenvalue weighted by atomic mass is 9.84. The van der Waals surface area contributed by atoms with Gasteiger partial charge in [0.15, 0.2) is 17.3 Å². The molecule has 0 fully saturated rings. The summed E-state index contributed by atoms with van der Waals surface area (Å²) in [5, 5.41) is 11.3. The minimum atomic E-state index is -0.283. The molecule has 37 heavy (non-hydrogen) atoms. The van der Waals surface area contributed by atoms with Crippen LogP contribution >= 0.6 is 17.0 Å². The number of rotatable bonds is 9. The number of benzene rings is 2. The highest BCUT2D eigenvalue weighted by Crippen LogP contribution is 2.40. The number of methoxy groups -OCH3 is 1. The molecule has 1 amide bonds. The third kappa shape index (κ3) is 6.44. The maximum Gasteiger partial charge on any atom is 0.254 e. The van der Waals surface area contributed by atoms with Gasteiger partial charge in [0.05, 0.1) is 31.9 Å². The number of hydrogen-bond acceptors (Lipinski definition) is 6. The molecule has 0 aliphatic carbocycles. The predicted molar refractivity (Wildman–Crippen MR) is 150 cm³/mol. The Labute approximate surface area is 229 Å². The first-order valence-electron chi connectivity index (χ1n) is 12.2. The van der Waals surface area contributed by atoms with Gasteiger partial charge in [-0.2, -0.15) is 0 Å². The maximum atomic E-state index is 13.5. The van der Waals surface area contributed by atoms with E-state index in [9.17, 15) is 9.59 Å². The first-order chi connectivity index (χ1) is 16.9. The molecule has 1 aliphatic heterocycles. The van der Waals surface area contributed by atoms with Crippen LogP contribution in [0, 0.1) is 5.41 Å². The Morgan fingerprint density at radius 3 is 2.35 bits per heavy atom. The van der Waals surface area contributed by atoms with Crippen LogP contribution in [0.3, 0.4) is 0 Å². The van der Waals surface area contributed by atoms with Crippen molar-refractivity contribution in [1.82, 2.24) is 10.2 Å². The second-order valence-corrected chi connectivity index (χ2v) is 10.1. The number of Topliss-reactive ketones (excluding diaryl/α,β-unsaturated/α-hetero) is 1. The molecular weight excluding hydrogens is 538 g/mol. The van der Waals surface area contributed by atoms with Crippen molar-refractivity contribution in [2.45, 2.75) is 59.6 Å². The topological polar surface area (TPSA) is 101 Å². The van der Waals surface area contributed by atoms with Crippen molar-refractivity contribution in [3.05, 3.63) is 52.1 Å². The number of hydrogen-bond donors (Lipinski definition) is 2. The third-order valence-corrected chi connectivity index (χ3v) is 6.00. The minimum absolute atomic E-state index is 0. The molecule has 1 aliphatic rings. The van der Waals surface area contributed by atoms with Gasteiger partial charge >= 0.3 is 0 Å². The number of halogens is 1. The Kier molecular flexibility index (Phi) is 9.77. The number of amidine groups is 1. The van der Waals surface area contributed by atoms with E-state index in [2.05, 4.69) is 26.1 Å². The van der Waals surface area contributed by atoms with Gasteiger partial charge in [-0.15, -0.1) is 17.0 Å². The van der Waals surface area contributed by atoms with Crippen LogP contribution in [0.5, 0.6) is 17.2 Å². The zero-order chi connectivity index (χ0) is 26.8. The molecule has 3 rings (SSSR count). The highest BCUT2D eigenvalue weighted by molar-refractivity contribution is 8.93. The fourth-order valence-corrected chi connectivity index (χ4v) is 4.29. The Morgan fingerprint density at radius 2 is 1.81 bits per heavy atom. The summed E-state index contributed by atoms with van der Waals surface area (Å²) >= 11 is 0. The Bertz CT molecular complexity index is 1190. The second kappa shape index (κ2) is 12.0.